The van der Waals surface area contributed by atoms with Crippen molar-refractivity contribution in [3.8, 4) is 0 Å². The molecule has 0 bridgehead atoms. The van der Waals surface area contributed by atoms with Crippen molar-refractivity contribution >= 4 is 16.7 Å². The van der Waals surface area contributed by atoms with Gasteiger partial charge in [0.15, 0.2) is 0 Å². The Bertz CT molecular complexity index is 653. The van der Waals surface area contributed by atoms with Gasteiger partial charge in [-0.2, -0.15) is 0 Å². The van der Waals surface area contributed by atoms with Gasteiger partial charge in [-0.15, -0.1) is 0 Å². The molecule has 0 aromatic heterocycles. The molecular formula is C19H23NO2. The number of piperidine rings is 1. The van der Waals surface area contributed by atoms with Crippen LogP contribution in [0.3, 0.4) is 0 Å². The second kappa shape index (κ2) is 6.93. The van der Waals surface area contributed by atoms with Gasteiger partial charge in [-0.25, -0.2) is 0 Å². The molecule has 3 nitrogen and oxygen atoms in total. The average molecular weight is 297 g/mol. The number of benzene rings is 2. The highest BCUT2D eigenvalue weighted by atomic mass is 16.5. The van der Waals surface area contributed by atoms with Crippen LogP contribution in [-0.2, 0) is 16.0 Å². The molecule has 2 unspecified atom stereocenters. The SMILES string of the molecule is CCOC(=O)C1CNCCC1Cc1ccc2ccccc2c1. The van der Waals surface area contributed by atoms with E-state index in [-0.39, 0.29) is 11.9 Å². The van der Waals surface area contributed by atoms with E-state index in [2.05, 4.69) is 47.8 Å². The van der Waals surface area contributed by atoms with E-state index in [4.69, 9.17) is 4.74 Å². The zero-order valence-corrected chi connectivity index (χ0v) is 13.0. The molecule has 22 heavy (non-hydrogen) atoms. The number of fused-ring (bicyclic) bond motifs is 1. The van der Waals surface area contributed by atoms with Crippen LogP contribution in [0.25, 0.3) is 10.8 Å². The lowest BCUT2D eigenvalue weighted by molar-refractivity contribution is -0.150. The van der Waals surface area contributed by atoms with Gasteiger partial charge in [0.25, 0.3) is 0 Å². The maximum atomic E-state index is 12.1. The Hall–Kier alpha value is -1.87. The minimum absolute atomic E-state index is 0.0276. The van der Waals surface area contributed by atoms with E-state index in [0.29, 0.717) is 12.5 Å². The standard InChI is InChI=1S/C19H23NO2/c1-2-22-19(21)18-13-20-10-9-17(18)12-14-7-8-15-5-3-4-6-16(15)11-14/h3-8,11,17-18,20H,2,9-10,12-13H2,1H3. The van der Waals surface area contributed by atoms with Crippen LogP contribution < -0.4 is 5.32 Å². The highest BCUT2D eigenvalue weighted by Crippen LogP contribution is 2.26. The molecule has 116 valence electrons. The fourth-order valence-corrected chi connectivity index (χ4v) is 3.35. The predicted molar refractivity (Wildman–Crippen MR) is 88.8 cm³/mol. The average Bonchev–Trinajstić information content (AvgIpc) is 2.55. The maximum absolute atomic E-state index is 12.1. The van der Waals surface area contributed by atoms with Crippen LogP contribution in [0.4, 0.5) is 0 Å². The number of hydrogen-bond acceptors (Lipinski definition) is 3. The van der Waals surface area contributed by atoms with Gasteiger partial charge in [0, 0.05) is 6.54 Å². The number of hydrogen-bond donors (Lipinski definition) is 1. The molecule has 1 fully saturated rings. The Morgan fingerprint density at radius 1 is 1.23 bits per heavy atom. The van der Waals surface area contributed by atoms with Crippen molar-refractivity contribution in [3.05, 3.63) is 48.0 Å². The summed E-state index contributed by atoms with van der Waals surface area (Å²) in [6.45, 7) is 4.04. The summed E-state index contributed by atoms with van der Waals surface area (Å²) in [5.74, 6) is 0.280. The number of nitrogens with one attached hydrogen (secondary N) is 1. The van der Waals surface area contributed by atoms with Gasteiger partial charge in [0.05, 0.1) is 12.5 Å². The summed E-state index contributed by atoms with van der Waals surface area (Å²) in [6.07, 6.45) is 1.96. The summed E-state index contributed by atoms with van der Waals surface area (Å²) in [7, 11) is 0. The number of ether oxygens (including phenoxy) is 1. The number of rotatable bonds is 4. The summed E-state index contributed by atoms with van der Waals surface area (Å²) < 4.78 is 5.24. The molecule has 2 aromatic rings. The number of carbonyl (C=O) groups excluding carboxylic acids is 1. The molecule has 1 aliphatic rings. The van der Waals surface area contributed by atoms with Gasteiger partial charge in [-0.1, -0.05) is 42.5 Å². The van der Waals surface area contributed by atoms with Crippen LogP contribution in [0.2, 0.25) is 0 Å². The number of esters is 1. The van der Waals surface area contributed by atoms with E-state index in [9.17, 15) is 4.79 Å². The zero-order chi connectivity index (χ0) is 15.4. The Morgan fingerprint density at radius 2 is 2.05 bits per heavy atom. The van der Waals surface area contributed by atoms with Crippen molar-refractivity contribution < 1.29 is 9.53 Å². The first-order valence-corrected chi connectivity index (χ1v) is 8.13. The third kappa shape index (κ3) is 3.30. The van der Waals surface area contributed by atoms with Gasteiger partial charge < -0.3 is 10.1 Å². The third-order valence-electron chi connectivity index (χ3n) is 4.53. The van der Waals surface area contributed by atoms with E-state index in [1.54, 1.807) is 0 Å². The molecule has 0 aliphatic carbocycles. The molecule has 3 heteroatoms. The highest BCUT2D eigenvalue weighted by Gasteiger charge is 2.31. The second-order valence-corrected chi connectivity index (χ2v) is 6.00. The first kappa shape index (κ1) is 15.0. The smallest absolute Gasteiger partial charge is 0.310 e. The Kier molecular flexibility index (Phi) is 4.74. The van der Waals surface area contributed by atoms with Gasteiger partial charge in [0.1, 0.15) is 0 Å². The van der Waals surface area contributed by atoms with Crippen molar-refractivity contribution in [1.82, 2.24) is 5.32 Å². The molecule has 0 radical (unpaired) electrons. The third-order valence-corrected chi connectivity index (χ3v) is 4.53. The highest BCUT2D eigenvalue weighted by molar-refractivity contribution is 5.83. The summed E-state index contributed by atoms with van der Waals surface area (Å²) in [5.41, 5.74) is 1.31. The Balaban J connectivity index is 1.77. The molecule has 3 rings (SSSR count). The van der Waals surface area contributed by atoms with Crippen molar-refractivity contribution in [3.63, 3.8) is 0 Å². The molecule has 1 N–H and O–H groups in total. The lowest BCUT2D eigenvalue weighted by Gasteiger charge is -2.30. The van der Waals surface area contributed by atoms with Crippen LogP contribution >= 0.6 is 0 Å². The minimum atomic E-state index is -0.0551. The topological polar surface area (TPSA) is 38.3 Å². The molecule has 1 heterocycles. The molecular weight excluding hydrogens is 274 g/mol. The molecule has 0 saturated carbocycles. The molecule has 2 atom stereocenters. The molecule has 0 amide bonds. The van der Waals surface area contributed by atoms with E-state index >= 15 is 0 Å². The lowest BCUT2D eigenvalue weighted by atomic mass is 9.81. The van der Waals surface area contributed by atoms with Crippen LogP contribution in [-0.4, -0.2) is 25.7 Å². The van der Waals surface area contributed by atoms with E-state index in [1.165, 1.54) is 16.3 Å². The molecule has 0 spiro atoms. The molecule has 1 aliphatic heterocycles. The van der Waals surface area contributed by atoms with Gasteiger partial charge >= 0.3 is 5.97 Å². The van der Waals surface area contributed by atoms with Crippen molar-refractivity contribution in [2.45, 2.75) is 19.8 Å². The maximum Gasteiger partial charge on any atom is 0.310 e. The Morgan fingerprint density at radius 3 is 2.86 bits per heavy atom. The fraction of sp³-hybridized carbons (Fsp3) is 0.421. The van der Waals surface area contributed by atoms with Crippen LogP contribution in [0.15, 0.2) is 42.5 Å². The first-order valence-electron chi connectivity index (χ1n) is 8.13. The largest absolute Gasteiger partial charge is 0.466 e. The predicted octanol–water partition coefficient (Wildman–Crippen LogP) is 3.17. The number of carbonyl (C=O) groups is 1. The zero-order valence-electron chi connectivity index (χ0n) is 13.0. The quantitative estimate of drug-likeness (QED) is 0.881. The van der Waals surface area contributed by atoms with Crippen molar-refractivity contribution in [2.75, 3.05) is 19.7 Å². The molecule has 1 saturated heterocycles. The van der Waals surface area contributed by atoms with Crippen LogP contribution in [0, 0.1) is 11.8 Å². The van der Waals surface area contributed by atoms with E-state index in [1.807, 2.05) is 6.92 Å². The fourth-order valence-electron chi connectivity index (χ4n) is 3.35. The van der Waals surface area contributed by atoms with Crippen LogP contribution in [0.1, 0.15) is 18.9 Å². The Labute approximate surface area is 131 Å². The summed E-state index contributed by atoms with van der Waals surface area (Å²) in [6, 6.07) is 15.0. The monoisotopic (exact) mass is 297 g/mol. The van der Waals surface area contributed by atoms with Gasteiger partial charge in [0.2, 0.25) is 0 Å². The van der Waals surface area contributed by atoms with Crippen molar-refractivity contribution in [2.24, 2.45) is 11.8 Å². The lowest BCUT2D eigenvalue weighted by Crippen LogP contribution is -2.42. The molecule has 2 aromatic carbocycles. The summed E-state index contributed by atoms with van der Waals surface area (Å²) in [5, 5.41) is 5.85. The van der Waals surface area contributed by atoms with Crippen LogP contribution in [0.5, 0.6) is 0 Å². The van der Waals surface area contributed by atoms with Crippen molar-refractivity contribution in [1.29, 1.82) is 0 Å². The normalized spacial score (nSPS) is 21.7. The van der Waals surface area contributed by atoms with Gasteiger partial charge in [-0.05, 0) is 48.6 Å². The second-order valence-electron chi connectivity index (χ2n) is 6.00. The minimum Gasteiger partial charge on any atom is -0.466 e. The van der Waals surface area contributed by atoms with E-state index < -0.39 is 0 Å². The summed E-state index contributed by atoms with van der Waals surface area (Å²) in [4.78, 5) is 12.1. The summed E-state index contributed by atoms with van der Waals surface area (Å²) >= 11 is 0. The first-order chi connectivity index (χ1) is 10.8. The van der Waals surface area contributed by atoms with Gasteiger partial charge in [-0.3, -0.25) is 4.79 Å². The van der Waals surface area contributed by atoms with E-state index in [0.717, 1.165) is 25.9 Å².